The summed E-state index contributed by atoms with van der Waals surface area (Å²) in [5.74, 6) is 0.900. The highest BCUT2D eigenvalue weighted by molar-refractivity contribution is 4.75. The van der Waals surface area contributed by atoms with E-state index in [2.05, 4.69) is 12.2 Å². The molecule has 0 spiro atoms. The van der Waals surface area contributed by atoms with Crippen LogP contribution >= 0.6 is 0 Å². The van der Waals surface area contributed by atoms with E-state index < -0.39 is 0 Å². The molecule has 0 aromatic heterocycles. The lowest BCUT2D eigenvalue weighted by atomic mass is 9.86. The summed E-state index contributed by atoms with van der Waals surface area (Å²) in [7, 11) is 0. The largest absolute Gasteiger partial charge is 0.328 e. The van der Waals surface area contributed by atoms with Crippen molar-refractivity contribution in [2.24, 2.45) is 11.7 Å². The van der Waals surface area contributed by atoms with E-state index in [4.69, 9.17) is 5.73 Å². The number of nitrogens with two attached hydrogens (primary N) is 1. The lowest BCUT2D eigenvalue weighted by Crippen LogP contribution is -2.31. The van der Waals surface area contributed by atoms with Gasteiger partial charge in [-0.25, -0.2) is 0 Å². The Labute approximate surface area is 82.3 Å². The van der Waals surface area contributed by atoms with Crippen molar-refractivity contribution in [2.45, 2.75) is 51.5 Å². The smallest absolute Gasteiger partial charge is 0.00390 e. The first kappa shape index (κ1) is 11.0. The van der Waals surface area contributed by atoms with Crippen LogP contribution < -0.4 is 11.1 Å². The van der Waals surface area contributed by atoms with Crippen molar-refractivity contribution in [3.05, 3.63) is 0 Å². The van der Waals surface area contributed by atoms with E-state index >= 15 is 0 Å². The second-order valence-corrected chi connectivity index (χ2v) is 4.34. The van der Waals surface area contributed by atoms with Gasteiger partial charge in [0.15, 0.2) is 0 Å². The van der Waals surface area contributed by atoms with Gasteiger partial charge in [0.2, 0.25) is 0 Å². The second kappa shape index (κ2) is 6.39. The molecule has 3 N–H and O–H groups in total. The van der Waals surface area contributed by atoms with Crippen molar-refractivity contribution in [1.82, 2.24) is 5.32 Å². The summed E-state index contributed by atoms with van der Waals surface area (Å²) in [5.41, 5.74) is 5.85. The zero-order valence-corrected chi connectivity index (χ0v) is 8.89. The van der Waals surface area contributed by atoms with E-state index in [1.807, 2.05) is 0 Å². The van der Waals surface area contributed by atoms with Crippen LogP contribution in [0, 0.1) is 5.92 Å². The van der Waals surface area contributed by atoms with Crippen molar-refractivity contribution in [3.8, 4) is 0 Å². The van der Waals surface area contributed by atoms with Gasteiger partial charge in [0.25, 0.3) is 0 Å². The fourth-order valence-corrected chi connectivity index (χ4v) is 2.00. The lowest BCUT2D eigenvalue weighted by molar-refractivity contribution is 0.314. The third-order valence-corrected chi connectivity index (χ3v) is 3.03. The summed E-state index contributed by atoms with van der Waals surface area (Å²) >= 11 is 0. The first-order valence-corrected chi connectivity index (χ1v) is 5.79. The van der Waals surface area contributed by atoms with Gasteiger partial charge in [-0.05, 0) is 51.1 Å². The van der Waals surface area contributed by atoms with Crippen LogP contribution in [0.3, 0.4) is 0 Å². The zero-order chi connectivity index (χ0) is 9.52. The predicted molar refractivity (Wildman–Crippen MR) is 57.7 cm³/mol. The van der Waals surface area contributed by atoms with Crippen LogP contribution in [0.4, 0.5) is 0 Å². The quantitative estimate of drug-likeness (QED) is 0.640. The maximum absolute atomic E-state index is 5.85. The number of rotatable bonds is 5. The van der Waals surface area contributed by atoms with Crippen molar-refractivity contribution in [2.75, 3.05) is 13.1 Å². The highest BCUT2D eigenvalue weighted by Gasteiger charge is 2.17. The molecule has 78 valence electrons. The standard InChI is InChI=1S/C11H24N2/c1-2-3-8-13-9-10-4-6-11(12)7-5-10/h10-11,13H,2-9,12H2,1H3. The maximum atomic E-state index is 5.85. The first-order chi connectivity index (χ1) is 6.33. The molecule has 2 heteroatoms. The van der Waals surface area contributed by atoms with Gasteiger partial charge in [0.05, 0.1) is 0 Å². The average Bonchev–Trinajstić information content (AvgIpc) is 2.15. The van der Waals surface area contributed by atoms with Gasteiger partial charge < -0.3 is 11.1 Å². The van der Waals surface area contributed by atoms with Gasteiger partial charge in [-0.2, -0.15) is 0 Å². The minimum absolute atomic E-state index is 0.492. The Kier molecular flexibility index (Phi) is 5.40. The lowest BCUT2D eigenvalue weighted by Gasteiger charge is -2.26. The van der Waals surface area contributed by atoms with Gasteiger partial charge in [0.1, 0.15) is 0 Å². The summed E-state index contributed by atoms with van der Waals surface area (Å²) in [6, 6.07) is 0.492. The van der Waals surface area contributed by atoms with Crippen LogP contribution in [0.5, 0.6) is 0 Å². The topological polar surface area (TPSA) is 38.0 Å². The summed E-state index contributed by atoms with van der Waals surface area (Å²) in [5, 5.41) is 3.53. The Hall–Kier alpha value is -0.0800. The number of nitrogens with one attached hydrogen (secondary N) is 1. The molecule has 0 aromatic carbocycles. The molecule has 2 nitrogen and oxygen atoms in total. The normalized spacial score (nSPS) is 29.1. The van der Waals surface area contributed by atoms with E-state index in [1.165, 1.54) is 51.6 Å². The van der Waals surface area contributed by atoms with Gasteiger partial charge in [-0.1, -0.05) is 13.3 Å². The van der Waals surface area contributed by atoms with Crippen LogP contribution in [-0.2, 0) is 0 Å². The second-order valence-electron chi connectivity index (χ2n) is 4.34. The number of hydrogen-bond donors (Lipinski definition) is 2. The van der Waals surface area contributed by atoms with E-state index in [0.29, 0.717) is 6.04 Å². The minimum Gasteiger partial charge on any atom is -0.328 e. The van der Waals surface area contributed by atoms with Gasteiger partial charge in [0, 0.05) is 6.04 Å². The Morgan fingerprint density at radius 1 is 1.23 bits per heavy atom. The van der Waals surface area contributed by atoms with Crippen LogP contribution in [0.2, 0.25) is 0 Å². The minimum atomic E-state index is 0.492. The third-order valence-electron chi connectivity index (χ3n) is 3.03. The summed E-state index contributed by atoms with van der Waals surface area (Å²) in [4.78, 5) is 0. The van der Waals surface area contributed by atoms with Gasteiger partial charge in [-0.3, -0.25) is 0 Å². The molecule has 1 aliphatic carbocycles. The molecule has 1 fully saturated rings. The molecule has 0 atom stereocenters. The molecule has 0 radical (unpaired) electrons. The molecule has 0 saturated heterocycles. The van der Waals surface area contributed by atoms with Crippen LogP contribution in [-0.4, -0.2) is 19.1 Å². The molecular formula is C11H24N2. The molecular weight excluding hydrogens is 160 g/mol. The van der Waals surface area contributed by atoms with Gasteiger partial charge in [-0.15, -0.1) is 0 Å². The van der Waals surface area contributed by atoms with Crippen LogP contribution in [0.25, 0.3) is 0 Å². The number of unbranched alkanes of at least 4 members (excludes halogenated alkanes) is 1. The third kappa shape index (κ3) is 4.63. The van der Waals surface area contributed by atoms with E-state index in [9.17, 15) is 0 Å². The molecule has 1 rings (SSSR count). The van der Waals surface area contributed by atoms with E-state index in [-0.39, 0.29) is 0 Å². The van der Waals surface area contributed by atoms with Gasteiger partial charge >= 0.3 is 0 Å². The predicted octanol–water partition coefficient (Wildman–Crippen LogP) is 1.89. The highest BCUT2D eigenvalue weighted by atomic mass is 14.9. The molecule has 0 heterocycles. The van der Waals surface area contributed by atoms with Crippen molar-refractivity contribution in [1.29, 1.82) is 0 Å². The molecule has 0 bridgehead atoms. The maximum Gasteiger partial charge on any atom is 0.00390 e. The highest BCUT2D eigenvalue weighted by Crippen LogP contribution is 2.22. The van der Waals surface area contributed by atoms with Crippen molar-refractivity contribution < 1.29 is 0 Å². The molecule has 1 saturated carbocycles. The Bertz CT molecular complexity index is 117. The summed E-state index contributed by atoms with van der Waals surface area (Å²) < 4.78 is 0. The molecule has 1 aliphatic rings. The Balaban J connectivity index is 1.96. The fourth-order valence-electron chi connectivity index (χ4n) is 2.00. The van der Waals surface area contributed by atoms with Crippen LogP contribution in [0.1, 0.15) is 45.4 Å². The van der Waals surface area contributed by atoms with E-state index in [1.54, 1.807) is 0 Å². The van der Waals surface area contributed by atoms with Crippen LogP contribution in [0.15, 0.2) is 0 Å². The summed E-state index contributed by atoms with van der Waals surface area (Å²) in [6.45, 7) is 4.65. The average molecular weight is 184 g/mol. The van der Waals surface area contributed by atoms with E-state index in [0.717, 1.165) is 5.92 Å². The molecule has 0 aromatic rings. The van der Waals surface area contributed by atoms with Crippen molar-refractivity contribution in [3.63, 3.8) is 0 Å². The molecule has 0 unspecified atom stereocenters. The Morgan fingerprint density at radius 2 is 1.92 bits per heavy atom. The van der Waals surface area contributed by atoms with Crippen molar-refractivity contribution >= 4 is 0 Å². The summed E-state index contributed by atoms with van der Waals surface area (Å²) in [6.07, 6.45) is 7.75. The SMILES string of the molecule is CCCCNCC1CCC(N)CC1. The first-order valence-electron chi connectivity index (χ1n) is 5.79. The molecule has 13 heavy (non-hydrogen) atoms. The monoisotopic (exact) mass is 184 g/mol. The zero-order valence-electron chi connectivity index (χ0n) is 8.89. The molecule has 0 aliphatic heterocycles. The number of hydrogen-bond acceptors (Lipinski definition) is 2. The Morgan fingerprint density at radius 3 is 2.54 bits per heavy atom. The molecule has 0 amide bonds. The fraction of sp³-hybridized carbons (Fsp3) is 1.00.